The van der Waals surface area contributed by atoms with Crippen LogP contribution in [0.25, 0.3) is 0 Å². The quantitative estimate of drug-likeness (QED) is 0.793. The van der Waals surface area contributed by atoms with Crippen LogP contribution in [0.2, 0.25) is 0 Å². The maximum absolute atomic E-state index is 11.7. The van der Waals surface area contributed by atoms with Gasteiger partial charge in [-0.2, -0.15) is 0 Å². The van der Waals surface area contributed by atoms with Gasteiger partial charge in [-0.1, -0.05) is 25.1 Å². The van der Waals surface area contributed by atoms with Crippen molar-refractivity contribution in [1.82, 2.24) is 10.6 Å². The highest BCUT2D eigenvalue weighted by Gasteiger charge is 2.16. The molecule has 1 fully saturated rings. The molecule has 4 nitrogen and oxygen atoms in total. The summed E-state index contributed by atoms with van der Waals surface area (Å²) in [6.07, 6.45) is 1.04. The van der Waals surface area contributed by atoms with Crippen molar-refractivity contribution in [3.63, 3.8) is 0 Å². The number of thioether (sulfide) groups is 1. The number of ether oxygens (including phenoxy) is 1. The van der Waals surface area contributed by atoms with Crippen molar-refractivity contribution in [2.24, 2.45) is 5.92 Å². The molecule has 2 amide bonds. The van der Waals surface area contributed by atoms with E-state index in [0.717, 1.165) is 19.6 Å². The average Bonchev–Trinajstić information content (AvgIpc) is 2.97. The Labute approximate surface area is 124 Å². The molecule has 0 aromatic heterocycles. The van der Waals surface area contributed by atoms with E-state index in [9.17, 15) is 4.79 Å². The fourth-order valence-corrected chi connectivity index (χ4v) is 3.00. The number of nitrogens with one attached hydrogen (secondary N) is 2. The van der Waals surface area contributed by atoms with Gasteiger partial charge in [0.1, 0.15) is 0 Å². The molecule has 2 N–H and O–H groups in total. The zero-order valence-corrected chi connectivity index (χ0v) is 12.6. The van der Waals surface area contributed by atoms with E-state index in [2.05, 4.69) is 29.7 Å². The molecule has 1 aromatic carbocycles. The van der Waals surface area contributed by atoms with Gasteiger partial charge in [0.25, 0.3) is 0 Å². The maximum Gasteiger partial charge on any atom is 0.314 e. The van der Waals surface area contributed by atoms with Crippen LogP contribution >= 0.6 is 11.8 Å². The van der Waals surface area contributed by atoms with Crippen LogP contribution < -0.4 is 10.6 Å². The molecule has 2 atom stereocenters. The predicted molar refractivity (Wildman–Crippen MR) is 82.1 cm³/mol. The van der Waals surface area contributed by atoms with Gasteiger partial charge in [0, 0.05) is 35.8 Å². The van der Waals surface area contributed by atoms with Gasteiger partial charge in [-0.25, -0.2) is 4.79 Å². The molecule has 0 spiro atoms. The van der Waals surface area contributed by atoms with E-state index < -0.39 is 0 Å². The Morgan fingerprint density at radius 3 is 2.90 bits per heavy atom. The van der Waals surface area contributed by atoms with Gasteiger partial charge in [0.05, 0.1) is 6.61 Å². The third-order valence-corrected chi connectivity index (χ3v) is 4.32. The number of carbonyl (C=O) groups excluding carboxylic acids is 1. The molecule has 0 aliphatic carbocycles. The highest BCUT2D eigenvalue weighted by molar-refractivity contribution is 8.00. The second kappa shape index (κ2) is 8.17. The highest BCUT2D eigenvalue weighted by Crippen LogP contribution is 2.21. The molecule has 0 unspecified atom stereocenters. The van der Waals surface area contributed by atoms with Gasteiger partial charge < -0.3 is 15.4 Å². The van der Waals surface area contributed by atoms with Crippen molar-refractivity contribution < 1.29 is 9.53 Å². The highest BCUT2D eigenvalue weighted by atomic mass is 32.2. The Kier molecular flexibility index (Phi) is 6.21. The summed E-state index contributed by atoms with van der Waals surface area (Å²) in [7, 11) is 0. The summed E-state index contributed by atoms with van der Waals surface area (Å²) in [6, 6.07) is 10.1. The third-order valence-electron chi connectivity index (χ3n) is 3.21. The Bertz CT molecular complexity index is 408. The molecule has 2 rings (SSSR count). The molecule has 0 radical (unpaired) electrons. The molecule has 20 heavy (non-hydrogen) atoms. The third kappa shape index (κ3) is 5.43. The number of benzene rings is 1. The molecule has 0 saturated carbocycles. The monoisotopic (exact) mass is 294 g/mol. The van der Waals surface area contributed by atoms with Gasteiger partial charge >= 0.3 is 6.03 Å². The van der Waals surface area contributed by atoms with Gasteiger partial charge in [-0.15, -0.1) is 11.8 Å². The normalized spacial score (nSPS) is 19.6. The summed E-state index contributed by atoms with van der Waals surface area (Å²) < 4.78 is 5.28. The topological polar surface area (TPSA) is 50.4 Å². The summed E-state index contributed by atoms with van der Waals surface area (Å²) in [5.41, 5.74) is 0. The van der Waals surface area contributed by atoms with Gasteiger partial charge in [-0.3, -0.25) is 0 Å². The Morgan fingerprint density at radius 1 is 1.40 bits per heavy atom. The molecular weight excluding hydrogens is 272 g/mol. The number of carbonyl (C=O) groups is 1. The molecular formula is C15H22N2O2S. The van der Waals surface area contributed by atoms with E-state index in [1.165, 1.54) is 4.90 Å². The lowest BCUT2D eigenvalue weighted by Crippen LogP contribution is -2.40. The smallest absolute Gasteiger partial charge is 0.314 e. The summed E-state index contributed by atoms with van der Waals surface area (Å²) in [5.74, 6) is 0.469. The van der Waals surface area contributed by atoms with Crippen LogP contribution in [-0.2, 0) is 4.74 Å². The standard InChI is InChI=1S/C15H22N2O2S/c1-12(20-14-5-3-2-4-6-14)9-16-15(18)17-10-13-7-8-19-11-13/h2-6,12-13H,7-11H2,1H3,(H2,16,17,18)/t12-,13+/m0/s1. The van der Waals surface area contributed by atoms with Gasteiger partial charge in [0.2, 0.25) is 0 Å². The first-order chi connectivity index (χ1) is 9.74. The van der Waals surface area contributed by atoms with E-state index in [1.54, 1.807) is 11.8 Å². The number of hydrogen-bond acceptors (Lipinski definition) is 3. The minimum absolute atomic E-state index is 0.0857. The van der Waals surface area contributed by atoms with Crippen LogP contribution in [0.15, 0.2) is 35.2 Å². The van der Waals surface area contributed by atoms with Gasteiger partial charge in [0.15, 0.2) is 0 Å². The predicted octanol–water partition coefficient (Wildman–Crippen LogP) is 2.50. The summed E-state index contributed by atoms with van der Waals surface area (Å²) in [5, 5.41) is 6.16. The summed E-state index contributed by atoms with van der Waals surface area (Å²) in [6.45, 7) is 5.06. The fourth-order valence-electron chi connectivity index (χ4n) is 2.05. The van der Waals surface area contributed by atoms with Crippen molar-refractivity contribution in [3.8, 4) is 0 Å². The lowest BCUT2D eigenvalue weighted by atomic mass is 10.1. The van der Waals surface area contributed by atoms with Crippen LogP contribution in [-0.4, -0.2) is 37.6 Å². The minimum Gasteiger partial charge on any atom is -0.381 e. The van der Waals surface area contributed by atoms with Crippen LogP contribution in [0.4, 0.5) is 4.79 Å². The number of rotatable bonds is 6. The van der Waals surface area contributed by atoms with Gasteiger partial charge in [-0.05, 0) is 18.6 Å². The van der Waals surface area contributed by atoms with E-state index in [1.807, 2.05) is 18.2 Å². The van der Waals surface area contributed by atoms with Crippen molar-refractivity contribution in [1.29, 1.82) is 0 Å². The number of amides is 2. The lowest BCUT2D eigenvalue weighted by molar-refractivity contribution is 0.185. The first-order valence-electron chi connectivity index (χ1n) is 7.05. The van der Waals surface area contributed by atoms with E-state index in [0.29, 0.717) is 24.3 Å². The van der Waals surface area contributed by atoms with E-state index >= 15 is 0 Å². The van der Waals surface area contributed by atoms with Crippen LogP contribution in [0.5, 0.6) is 0 Å². The number of urea groups is 1. The average molecular weight is 294 g/mol. The molecule has 1 saturated heterocycles. The van der Waals surface area contributed by atoms with Crippen molar-refractivity contribution in [2.75, 3.05) is 26.3 Å². The minimum atomic E-state index is -0.0857. The maximum atomic E-state index is 11.7. The molecule has 1 aromatic rings. The summed E-state index contributed by atoms with van der Waals surface area (Å²) in [4.78, 5) is 12.9. The molecule has 0 bridgehead atoms. The molecule has 110 valence electrons. The lowest BCUT2D eigenvalue weighted by Gasteiger charge is -2.14. The second-order valence-corrected chi connectivity index (χ2v) is 6.57. The van der Waals surface area contributed by atoms with Crippen LogP contribution in [0.1, 0.15) is 13.3 Å². The Morgan fingerprint density at radius 2 is 2.20 bits per heavy atom. The zero-order chi connectivity index (χ0) is 14.2. The van der Waals surface area contributed by atoms with Crippen molar-refractivity contribution in [3.05, 3.63) is 30.3 Å². The van der Waals surface area contributed by atoms with E-state index in [4.69, 9.17) is 4.74 Å². The molecule has 5 heteroatoms. The van der Waals surface area contributed by atoms with Crippen molar-refractivity contribution in [2.45, 2.75) is 23.5 Å². The molecule has 1 aliphatic heterocycles. The number of hydrogen-bond donors (Lipinski definition) is 2. The van der Waals surface area contributed by atoms with Crippen LogP contribution in [0, 0.1) is 5.92 Å². The van der Waals surface area contributed by atoms with Crippen LogP contribution in [0.3, 0.4) is 0 Å². The second-order valence-electron chi connectivity index (χ2n) is 5.06. The fraction of sp³-hybridized carbons (Fsp3) is 0.533. The zero-order valence-electron chi connectivity index (χ0n) is 11.8. The first-order valence-corrected chi connectivity index (χ1v) is 7.93. The SMILES string of the molecule is C[C@@H](CNC(=O)NC[C@H]1CCOC1)Sc1ccccc1. The van der Waals surface area contributed by atoms with Crippen molar-refractivity contribution >= 4 is 17.8 Å². The molecule has 1 heterocycles. The molecule has 1 aliphatic rings. The van der Waals surface area contributed by atoms with E-state index in [-0.39, 0.29) is 6.03 Å². The first kappa shape index (κ1) is 15.2. The summed E-state index contributed by atoms with van der Waals surface area (Å²) >= 11 is 1.77. The Balaban J connectivity index is 1.60. The Hall–Kier alpha value is -1.20. The largest absolute Gasteiger partial charge is 0.381 e.